The molecule has 1 aliphatic carbocycles. The van der Waals surface area contributed by atoms with Gasteiger partial charge in [0.2, 0.25) is 0 Å². The van der Waals surface area contributed by atoms with Crippen molar-refractivity contribution < 1.29 is 4.74 Å². The van der Waals surface area contributed by atoms with Crippen molar-refractivity contribution >= 4 is 0 Å². The summed E-state index contributed by atoms with van der Waals surface area (Å²) in [5, 5.41) is 3.38. The number of benzene rings is 1. The molecule has 0 aliphatic heterocycles. The van der Waals surface area contributed by atoms with E-state index in [9.17, 15) is 0 Å². The normalized spacial score (nSPS) is 19.3. The largest absolute Gasteiger partial charge is 0.377 e. The Morgan fingerprint density at radius 3 is 2.72 bits per heavy atom. The molecule has 1 aromatic carbocycles. The molecule has 1 aliphatic rings. The van der Waals surface area contributed by atoms with E-state index < -0.39 is 0 Å². The number of ether oxygens (including phenoxy) is 1. The van der Waals surface area contributed by atoms with Crippen molar-refractivity contribution in [3.05, 3.63) is 35.4 Å². The molecular formula is C16H25NO. The molecule has 100 valence electrons. The number of rotatable bonds is 6. The lowest BCUT2D eigenvalue weighted by molar-refractivity contribution is 0.0493. The average molecular weight is 247 g/mol. The first-order valence-corrected chi connectivity index (χ1v) is 7.15. The fourth-order valence-electron chi connectivity index (χ4n) is 2.78. The third-order valence-corrected chi connectivity index (χ3v) is 4.06. The zero-order valence-electron chi connectivity index (χ0n) is 11.8. The van der Waals surface area contributed by atoms with Crippen LogP contribution in [0.25, 0.3) is 0 Å². The molecule has 2 atom stereocenters. The van der Waals surface area contributed by atoms with Crippen molar-refractivity contribution in [2.24, 2.45) is 0 Å². The average Bonchev–Trinajstić information content (AvgIpc) is 2.28. The fraction of sp³-hybridized carbons (Fsp3) is 0.625. The van der Waals surface area contributed by atoms with E-state index in [-0.39, 0.29) is 12.1 Å². The zero-order chi connectivity index (χ0) is 13.0. The molecule has 2 rings (SSSR count). The summed E-state index contributed by atoms with van der Waals surface area (Å²) in [6.45, 7) is 4.95. The van der Waals surface area contributed by atoms with Gasteiger partial charge in [-0.1, -0.05) is 30.7 Å². The van der Waals surface area contributed by atoms with E-state index in [2.05, 4.69) is 36.5 Å². The van der Waals surface area contributed by atoms with Gasteiger partial charge in [0.1, 0.15) is 0 Å². The molecule has 0 aromatic heterocycles. The number of hydrogen-bond acceptors (Lipinski definition) is 2. The van der Waals surface area contributed by atoms with Crippen molar-refractivity contribution in [2.45, 2.75) is 51.2 Å². The molecule has 2 nitrogen and oxygen atoms in total. The van der Waals surface area contributed by atoms with Crippen LogP contribution in [0.1, 0.15) is 56.2 Å². The highest BCUT2D eigenvalue weighted by atomic mass is 16.5. The molecule has 1 N–H and O–H groups in total. The van der Waals surface area contributed by atoms with Crippen LogP contribution in [0.3, 0.4) is 0 Å². The molecule has 0 radical (unpaired) electrons. The predicted octanol–water partition coefficient (Wildman–Crippen LogP) is 3.64. The fourth-order valence-corrected chi connectivity index (χ4v) is 2.78. The molecule has 2 heteroatoms. The summed E-state index contributed by atoms with van der Waals surface area (Å²) in [5.41, 5.74) is 2.85. The van der Waals surface area contributed by atoms with Gasteiger partial charge in [-0.25, -0.2) is 0 Å². The first-order chi connectivity index (χ1) is 8.76. The Labute approximate surface area is 111 Å². The summed E-state index contributed by atoms with van der Waals surface area (Å²) in [6, 6.07) is 9.31. The molecule has 0 heterocycles. The second kappa shape index (κ2) is 6.35. The summed E-state index contributed by atoms with van der Waals surface area (Å²) in [7, 11) is 2.01. The zero-order valence-corrected chi connectivity index (χ0v) is 11.8. The molecular weight excluding hydrogens is 222 g/mol. The molecule has 2 unspecified atom stereocenters. The number of hydrogen-bond donors (Lipinski definition) is 1. The van der Waals surface area contributed by atoms with Gasteiger partial charge in [-0.15, -0.1) is 0 Å². The maximum atomic E-state index is 5.73. The van der Waals surface area contributed by atoms with Gasteiger partial charge >= 0.3 is 0 Å². The van der Waals surface area contributed by atoms with E-state index in [4.69, 9.17) is 4.74 Å². The van der Waals surface area contributed by atoms with Gasteiger partial charge < -0.3 is 10.1 Å². The van der Waals surface area contributed by atoms with Gasteiger partial charge in [0.25, 0.3) is 0 Å². The van der Waals surface area contributed by atoms with E-state index >= 15 is 0 Å². The summed E-state index contributed by atoms with van der Waals surface area (Å²) in [4.78, 5) is 0. The lowest BCUT2D eigenvalue weighted by Gasteiger charge is -2.28. The summed E-state index contributed by atoms with van der Waals surface area (Å²) in [5.74, 6) is 0.796. The molecule has 0 amide bonds. The van der Waals surface area contributed by atoms with Crippen molar-refractivity contribution in [2.75, 3.05) is 13.7 Å². The van der Waals surface area contributed by atoms with Crippen LogP contribution < -0.4 is 5.32 Å². The Kier molecular flexibility index (Phi) is 4.79. The van der Waals surface area contributed by atoms with Crippen LogP contribution in [0.4, 0.5) is 0 Å². The van der Waals surface area contributed by atoms with Crippen LogP contribution in [-0.4, -0.2) is 19.8 Å². The predicted molar refractivity (Wildman–Crippen MR) is 75.9 cm³/mol. The first kappa shape index (κ1) is 13.6. The molecule has 18 heavy (non-hydrogen) atoms. The lowest BCUT2D eigenvalue weighted by Crippen LogP contribution is -2.29. The van der Waals surface area contributed by atoms with Gasteiger partial charge in [-0.2, -0.15) is 0 Å². The van der Waals surface area contributed by atoms with E-state index in [1.165, 1.54) is 30.4 Å². The Morgan fingerprint density at radius 1 is 1.39 bits per heavy atom. The lowest BCUT2D eigenvalue weighted by atomic mass is 9.79. The number of nitrogens with one attached hydrogen (secondary N) is 1. The highest BCUT2D eigenvalue weighted by Gasteiger charge is 2.22. The Morgan fingerprint density at radius 2 is 2.17 bits per heavy atom. The third kappa shape index (κ3) is 2.93. The van der Waals surface area contributed by atoms with Crippen LogP contribution in [-0.2, 0) is 4.74 Å². The molecule has 1 fully saturated rings. The summed E-state index contributed by atoms with van der Waals surface area (Å²) in [6.07, 6.45) is 4.31. The summed E-state index contributed by atoms with van der Waals surface area (Å²) >= 11 is 0. The maximum Gasteiger partial charge on any atom is 0.0741 e. The molecule has 1 aromatic rings. The second-order valence-corrected chi connectivity index (χ2v) is 5.22. The van der Waals surface area contributed by atoms with E-state index in [1.54, 1.807) is 0 Å². The van der Waals surface area contributed by atoms with Crippen LogP contribution in [0.15, 0.2) is 24.3 Å². The topological polar surface area (TPSA) is 21.3 Å². The van der Waals surface area contributed by atoms with Crippen LogP contribution >= 0.6 is 0 Å². The maximum absolute atomic E-state index is 5.73. The van der Waals surface area contributed by atoms with E-state index in [0.29, 0.717) is 0 Å². The minimum Gasteiger partial charge on any atom is -0.377 e. The van der Waals surface area contributed by atoms with Crippen molar-refractivity contribution in [3.8, 4) is 0 Å². The quantitative estimate of drug-likeness (QED) is 0.828. The standard InChI is InChI=1S/C16H25NO/c1-4-18-12(2)16(17-3)15-10-6-9-14(11-15)13-7-5-8-13/h6,9-13,16-17H,4-5,7-8H2,1-3H3. The van der Waals surface area contributed by atoms with E-state index in [1.807, 2.05) is 14.0 Å². The van der Waals surface area contributed by atoms with Crippen LogP contribution in [0.5, 0.6) is 0 Å². The van der Waals surface area contributed by atoms with Gasteiger partial charge in [0.15, 0.2) is 0 Å². The molecule has 0 bridgehead atoms. The van der Waals surface area contributed by atoms with Gasteiger partial charge in [-0.3, -0.25) is 0 Å². The number of likely N-dealkylation sites (N-methyl/N-ethyl adjacent to an activating group) is 1. The van der Waals surface area contributed by atoms with Crippen molar-refractivity contribution in [1.82, 2.24) is 5.32 Å². The van der Waals surface area contributed by atoms with Gasteiger partial charge in [0, 0.05) is 6.61 Å². The minimum absolute atomic E-state index is 0.205. The first-order valence-electron chi connectivity index (χ1n) is 7.15. The van der Waals surface area contributed by atoms with E-state index in [0.717, 1.165) is 12.5 Å². The minimum atomic E-state index is 0.205. The van der Waals surface area contributed by atoms with Crippen molar-refractivity contribution in [3.63, 3.8) is 0 Å². The Balaban J connectivity index is 2.14. The molecule has 0 spiro atoms. The molecule has 0 saturated heterocycles. The smallest absolute Gasteiger partial charge is 0.0741 e. The highest BCUT2D eigenvalue weighted by molar-refractivity contribution is 5.30. The van der Waals surface area contributed by atoms with Crippen molar-refractivity contribution in [1.29, 1.82) is 0 Å². The highest BCUT2D eigenvalue weighted by Crippen LogP contribution is 2.37. The Hall–Kier alpha value is -0.860. The third-order valence-electron chi connectivity index (χ3n) is 4.06. The van der Waals surface area contributed by atoms with Gasteiger partial charge in [-0.05, 0) is 50.8 Å². The van der Waals surface area contributed by atoms with Crippen LogP contribution in [0, 0.1) is 0 Å². The SMILES string of the molecule is CCOC(C)C(NC)c1cccc(C2CCC2)c1. The summed E-state index contributed by atoms with van der Waals surface area (Å²) < 4.78 is 5.73. The Bertz CT molecular complexity index is 373. The van der Waals surface area contributed by atoms with Crippen LogP contribution in [0.2, 0.25) is 0 Å². The second-order valence-electron chi connectivity index (χ2n) is 5.22. The monoisotopic (exact) mass is 247 g/mol. The van der Waals surface area contributed by atoms with Gasteiger partial charge in [0.05, 0.1) is 12.1 Å². The molecule has 1 saturated carbocycles.